The highest BCUT2D eigenvalue weighted by molar-refractivity contribution is 9.10. The molecule has 0 atom stereocenters. The van der Waals surface area contributed by atoms with Crippen molar-refractivity contribution < 1.29 is 9.53 Å². The molecule has 0 N–H and O–H groups in total. The summed E-state index contributed by atoms with van der Waals surface area (Å²) in [6.07, 6.45) is 3.20. The van der Waals surface area contributed by atoms with Crippen LogP contribution in [0.25, 0.3) is 11.1 Å². The molecular weight excluding hydrogens is 294 g/mol. The number of esters is 1. The second-order valence-corrected chi connectivity index (χ2v) is 4.57. The molecule has 1 aromatic carbocycles. The average Bonchev–Trinajstić information content (AvgIpc) is 2.39. The van der Waals surface area contributed by atoms with Crippen molar-refractivity contribution in [2.45, 2.75) is 6.92 Å². The first-order valence-electron chi connectivity index (χ1n) is 5.59. The van der Waals surface area contributed by atoms with Gasteiger partial charge in [0.15, 0.2) is 0 Å². The average molecular weight is 306 g/mol. The van der Waals surface area contributed by atoms with E-state index in [1.54, 1.807) is 13.1 Å². The van der Waals surface area contributed by atoms with Gasteiger partial charge in [-0.15, -0.1) is 0 Å². The van der Waals surface area contributed by atoms with E-state index >= 15 is 0 Å². The van der Waals surface area contributed by atoms with Crippen LogP contribution >= 0.6 is 15.9 Å². The van der Waals surface area contributed by atoms with Crippen molar-refractivity contribution >= 4 is 21.9 Å². The van der Waals surface area contributed by atoms with E-state index in [9.17, 15) is 4.79 Å². The first-order valence-corrected chi connectivity index (χ1v) is 6.38. The van der Waals surface area contributed by atoms with Crippen molar-refractivity contribution in [1.82, 2.24) is 4.98 Å². The number of pyridine rings is 1. The Hall–Kier alpha value is -1.68. The highest BCUT2D eigenvalue weighted by atomic mass is 79.9. The molecule has 0 aliphatic rings. The molecule has 0 aliphatic heterocycles. The number of halogens is 1. The van der Waals surface area contributed by atoms with Gasteiger partial charge >= 0.3 is 5.97 Å². The second-order valence-electron chi connectivity index (χ2n) is 3.65. The van der Waals surface area contributed by atoms with E-state index in [4.69, 9.17) is 4.74 Å². The van der Waals surface area contributed by atoms with Crippen molar-refractivity contribution in [3.8, 4) is 11.1 Å². The summed E-state index contributed by atoms with van der Waals surface area (Å²) in [7, 11) is 0. The van der Waals surface area contributed by atoms with Crippen LogP contribution in [0.4, 0.5) is 0 Å². The van der Waals surface area contributed by atoms with Gasteiger partial charge in [0.05, 0.1) is 12.2 Å². The Morgan fingerprint density at radius 2 is 2.22 bits per heavy atom. The second kappa shape index (κ2) is 5.78. The van der Waals surface area contributed by atoms with E-state index in [1.807, 2.05) is 30.3 Å². The fraction of sp³-hybridized carbons (Fsp3) is 0.143. The van der Waals surface area contributed by atoms with Gasteiger partial charge < -0.3 is 4.74 Å². The number of aromatic nitrogens is 1. The summed E-state index contributed by atoms with van der Waals surface area (Å²) in [4.78, 5) is 15.8. The fourth-order valence-corrected chi connectivity index (χ4v) is 2.07. The van der Waals surface area contributed by atoms with Gasteiger partial charge in [0, 0.05) is 16.9 Å². The molecule has 0 amide bonds. The van der Waals surface area contributed by atoms with Crippen LogP contribution in [0.2, 0.25) is 0 Å². The molecule has 0 aliphatic carbocycles. The van der Waals surface area contributed by atoms with Gasteiger partial charge in [-0.1, -0.05) is 28.1 Å². The molecule has 0 saturated carbocycles. The summed E-state index contributed by atoms with van der Waals surface area (Å²) in [5.41, 5.74) is 2.26. The van der Waals surface area contributed by atoms with Crippen LogP contribution in [0.3, 0.4) is 0 Å². The van der Waals surface area contributed by atoms with Crippen LogP contribution in [0.15, 0.2) is 47.2 Å². The minimum Gasteiger partial charge on any atom is -0.462 e. The summed E-state index contributed by atoms with van der Waals surface area (Å²) in [6, 6.07) is 9.58. The van der Waals surface area contributed by atoms with E-state index in [0.29, 0.717) is 12.2 Å². The molecule has 18 heavy (non-hydrogen) atoms. The van der Waals surface area contributed by atoms with Gasteiger partial charge in [-0.3, -0.25) is 4.98 Å². The first-order chi connectivity index (χ1) is 8.72. The molecule has 0 bridgehead atoms. The standard InChI is InChI=1S/C14H12BrNO2/c1-2-18-14(17)13-9-16-7-6-12(13)10-4-3-5-11(15)8-10/h3-9H,2H2,1H3. The third-order valence-electron chi connectivity index (χ3n) is 2.45. The maximum Gasteiger partial charge on any atom is 0.340 e. The lowest BCUT2D eigenvalue weighted by Crippen LogP contribution is -2.06. The maximum atomic E-state index is 11.8. The Balaban J connectivity index is 2.48. The molecule has 0 radical (unpaired) electrons. The van der Waals surface area contributed by atoms with Crippen LogP contribution in [0.1, 0.15) is 17.3 Å². The van der Waals surface area contributed by atoms with E-state index in [0.717, 1.165) is 15.6 Å². The number of hydrogen-bond donors (Lipinski definition) is 0. The SMILES string of the molecule is CCOC(=O)c1cnccc1-c1cccc(Br)c1. The third-order valence-corrected chi connectivity index (χ3v) is 2.95. The molecular formula is C14H12BrNO2. The number of carbonyl (C=O) groups is 1. The quantitative estimate of drug-likeness (QED) is 0.812. The number of rotatable bonds is 3. The van der Waals surface area contributed by atoms with E-state index in [-0.39, 0.29) is 5.97 Å². The Kier molecular flexibility index (Phi) is 4.10. The number of carbonyl (C=O) groups excluding carboxylic acids is 1. The minimum absolute atomic E-state index is 0.347. The van der Waals surface area contributed by atoms with Gasteiger partial charge in [-0.25, -0.2) is 4.79 Å². The zero-order valence-electron chi connectivity index (χ0n) is 9.89. The molecule has 2 rings (SSSR count). The van der Waals surface area contributed by atoms with Crippen LogP contribution < -0.4 is 0 Å². The fourth-order valence-electron chi connectivity index (χ4n) is 1.67. The Morgan fingerprint density at radius 1 is 1.39 bits per heavy atom. The summed E-state index contributed by atoms with van der Waals surface area (Å²) in [6.45, 7) is 2.14. The van der Waals surface area contributed by atoms with Crippen molar-refractivity contribution in [3.05, 3.63) is 52.8 Å². The van der Waals surface area contributed by atoms with E-state index in [2.05, 4.69) is 20.9 Å². The van der Waals surface area contributed by atoms with Gasteiger partial charge in [0.25, 0.3) is 0 Å². The van der Waals surface area contributed by atoms with Crippen LogP contribution in [0.5, 0.6) is 0 Å². The molecule has 92 valence electrons. The number of hydrogen-bond acceptors (Lipinski definition) is 3. The molecule has 0 fully saturated rings. The number of ether oxygens (including phenoxy) is 1. The van der Waals surface area contributed by atoms with E-state index < -0.39 is 0 Å². The Morgan fingerprint density at radius 3 is 2.94 bits per heavy atom. The normalized spacial score (nSPS) is 10.1. The topological polar surface area (TPSA) is 39.2 Å². The van der Waals surface area contributed by atoms with Gasteiger partial charge in [0.1, 0.15) is 0 Å². The summed E-state index contributed by atoms with van der Waals surface area (Å²) in [5.74, 6) is -0.347. The minimum atomic E-state index is -0.347. The molecule has 4 heteroatoms. The smallest absolute Gasteiger partial charge is 0.340 e. The molecule has 1 heterocycles. The first kappa shape index (κ1) is 12.8. The highest BCUT2D eigenvalue weighted by Gasteiger charge is 2.13. The Bertz CT molecular complexity index is 569. The zero-order valence-corrected chi connectivity index (χ0v) is 11.5. The number of nitrogens with zero attached hydrogens (tertiary/aromatic N) is 1. The van der Waals surface area contributed by atoms with Crippen LogP contribution in [-0.2, 0) is 4.74 Å². The van der Waals surface area contributed by atoms with Crippen molar-refractivity contribution in [1.29, 1.82) is 0 Å². The number of benzene rings is 1. The van der Waals surface area contributed by atoms with Gasteiger partial charge in [0.2, 0.25) is 0 Å². The summed E-state index contributed by atoms with van der Waals surface area (Å²) >= 11 is 3.42. The van der Waals surface area contributed by atoms with E-state index in [1.165, 1.54) is 6.20 Å². The van der Waals surface area contributed by atoms with Crippen LogP contribution in [-0.4, -0.2) is 17.6 Å². The Labute approximate surface area is 114 Å². The molecule has 1 aromatic heterocycles. The van der Waals surface area contributed by atoms with Crippen molar-refractivity contribution in [3.63, 3.8) is 0 Å². The van der Waals surface area contributed by atoms with Crippen molar-refractivity contribution in [2.75, 3.05) is 6.61 Å². The zero-order chi connectivity index (χ0) is 13.0. The molecule has 0 spiro atoms. The lowest BCUT2D eigenvalue weighted by molar-refractivity contribution is 0.0527. The van der Waals surface area contributed by atoms with Gasteiger partial charge in [-0.05, 0) is 36.2 Å². The lowest BCUT2D eigenvalue weighted by atomic mass is 10.0. The summed E-state index contributed by atoms with van der Waals surface area (Å²) < 4.78 is 5.99. The predicted octanol–water partition coefficient (Wildman–Crippen LogP) is 3.69. The van der Waals surface area contributed by atoms with Gasteiger partial charge in [-0.2, -0.15) is 0 Å². The van der Waals surface area contributed by atoms with Crippen molar-refractivity contribution in [2.24, 2.45) is 0 Å². The largest absolute Gasteiger partial charge is 0.462 e. The van der Waals surface area contributed by atoms with Crippen LogP contribution in [0, 0.1) is 0 Å². The third kappa shape index (κ3) is 2.76. The molecule has 2 aromatic rings. The monoisotopic (exact) mass is 305 g/mol. The highest BCUT2D eigenvalue weighted by Crippen LogP contribution is 2.26. The maximum absolute atomic E-state index is 11.8. The lowest BCUT2D eigenvalue weighted by Gasteiger charge is -2.08. The predicted molar refractivity (Wildman–Crippen MR) is 73.3 cm³/mol. The molecule has 0 saturated heterocycles. The molecule has 3 nitrogen and oxygen atoms in total. The molecule has 0 unspecified atom stereocenters. The summed E-state index contributed by atoms with van der Waals surface area (Å²) in [5, 5.41) is 0.